The number of nitrogens with one attached hydrogen (secondary N) is 1. The van der Waals surface area contributed by atoms with Crippen molar-refractivity contribution in [2.24, 2.45) is 11.8 Å². The smallest absolute Gasteiger partial charge is 0.0195 e. The fourth-order valence-corrected chi connectivity index (χ4v) is 3.92. The molecule has 1 N–H and O–H groups in total. The highest BCUT2D eigenvalue weighted by Gasteiger charge is 2.29. The van der Waals surface area contributed by atoms with Crippen LogP contribution in [0.1, 0.15) is 65.7 Å². The molecule has 2 aliphatic rings. The van der Waals surface area contributed by atoms with Gasteiger partial charge in [-0.3, -0.25) is 4.90 Å². The first-order valence-corrected chi connectivity index (χ1v) is 8.68. The molecule has 1 heterocycles. The predicted molar refractivity (Wildman–Crippen MR) is 83.5 cm³/mol. The largest absolute Gasteiger partial charge is 0.313 e. The van der Waals surface area contributed by atoms with Crippen molar-refractivity contribution in [1.82, 2.24) is 10.2 Å². The quantitative estimate of drug-likeness (QED) is 0.817. The summed E-state index contributed by atoms with van der Waals surface area (Å²) in [5, 5.41) is 3.73. The van der Waals surface area contributed by atoms with Crippen molar-refractivity contribution in [2.45, 2.75) is 77.8 Å². The Morgan fingerprint density at radius 3 is 2.53 bits per heavy atom. The Hall–Kier alpha value is -0.0800. The zero-order chi connectivity index (χ0) is 13.7. The number of rotatable bonds is 5. The van der Waals surface area contributed by atoms with E-state index in [0.29, 0.717) is 0 Å². The second kappa shape index (κ2) is 7.64. The van der Waals surface area contributed by atoms with Crippen molar-refractivity contribution in [3.05, 3.63) is 0 Å². The van der Waals surface area contributed by atoms with Crippen LogP contribution >= 0.6 is 0 Å². The summed E-state index contributed by atoms with van der Waals surface area (Å²) in [6.45, 7) is 11.1. The average Bonchev–Trinajstić information content (AvgIpc) is 2.43. The van der Waals surface area contributed by atoms with E-state index >= 15 is 0 Å². The van der Waals surface area contributed by atoms with Crippen LogP contribution in [0.15, 0.2) is 0 Å². The summed E-state index contributed by atoms with van der Waals surface area (Å²) in [6.07, 6.45) is 9.78. The SMILES string of the molecule is CCCN(CC1CCCCN1)C1CCC(C)C(C)C1. The molecule has 1 saturated carbocycles. The molecule has 2 fully saturated rings. The van der Waals surface area contributed by atoms with Crippen LogP contribution in [-0.4, -0.2) is 36.6 Å². The number of hydrogen-bond donors (Lipinski definition) is 1. The van der Waals surface area contributed by atoms with E-state index < -0.39 is 0 Å². The maximum absolute atomic E-state index is 3.73. The molecule has 2 heteroatoms. The minimum absolute atomic E-state index is 0.759. The lowest BCUT2D eigenvalue weighted by Gasteiger charge is -2.41. The van der Waals surface area contributed by atoms with Crippen molar-refractivity contribution in [2.75, 3.05) is 19.6 Å². The zero-order valence-electron chi connectivity index (χ0n) is 13.3. The van der Waals surface area contributed by atoms with Gasteiger partial charge in [-0.2, -0.15) is 0 Å². The Morgan fingerprint density at radius 1 is 1.05 bits per heavy atom. The molecular weight excluding hydrogens is 232 g/mol. The predicted octanol–water partition coefficient (Wildman–Crippen LogP) is 3.67. The summed E-state index contributed by atoms with van der Waals surface area (Å²) in [4.78, 5) is 2.81. The van der Waals surface area contributed by atoms with Crippen molar-refractivity contribution in [3.63, 3.8) is 0 Å². The van der Waals surface area contributed by atoms with Crippen LogP contribution < -0.4 is 5.32 Å². The zero-order valence-corrected chi connectivity index (χ0v) is 13.3. The molecule has 1 aliphatic heterocycles. The molecule has 4 atom stereocenters. The van der Waals surface area contributed by atoms with Gasteiger partial charge < -0.3 is 5.32 Å². The van der Waals surface area contributed by atoms with Gasteiger partial charge in [-0.15, -0.1) is 0 Å². The second-order valence-electron chi connectivity index (χ2n) is 7.06. The third-order valence-electron chi connectivity index (χ3n) is 5.46. The van der Waals surface area contributed by atoms with Crippen molar-refractivity contribution >= 4 is 0 Å². The van der Waals surface area contributed by atoms with Crippen LogP contribution in [0, 0.1) is 11.8 Å². The van der Waals surface area contributed by atoms with E-state index in [1.54, 1.807) is 0 Å². The van der Waals surface area contributed by atoms with Gasteiger partial charge >= 0.3 is 0 Å². The summed E-state index contributed by atoms with van der Waals surface area (Å²) in [5.41, 5.74) is 0. The van der Waals surface area contributed by atoms with Gasteiger partial charge in [-0.25, -0.2) is 0 Å². The minimum atomic E-state index is 0.759. The fourth-order valence-electron chi connectivity index (χ4n) is 3.92. The maximum atomic E-state index is 3.73. The normalized spacial score (nSPS) is 36.6. The van der Waals surface area contributed by atoms with Gasteiger partial charge in [0, 0.05) is 18.6 Å². The summed E-state index contributed by atoms with van der Waals surface area (Å²) in [6, 6.07) is 1.62. The Bertz CT molecular complexity index is 248. The number of nitrogens with zero attached hydrogens (tertiary/aromatic N) is 1. The van der Waals surface area contributed by atoms with Crippen LogP contribution in [0.3, 0.4) is 0 Å². The highest BCUT2D eigenvalue weighted by molar-refractivity contribution is 4.85. The van der Waals surface area contributed by atoms with Gasteiger partial charge in [-0.05, 0) is 63.5 Å². The molecule has 0 amide bonds. The van der Waals surface area contributed by atoms with Crippen LogP contribution in [0.2, 0.25) is 0 Å². The Balaban J connectivity index is 1.87. The highest BCUT2D eigenvalue weighted by Crippen LogP contribution is 2.32. The van der Waals surface area contributed by atoms with E-state index in [9.17, 15) is 0 Å². The third-order valence-corrected chi connectivity index (χ3v) is 5.46. The molecule has 1 saturated heterocycles. The van der Waals surface area contributed by atoms with Crippen LogP contribution in [0.5, 0.6) is 0 Å². The molecule has 0 aromatic heterocycles. The first-order valence-electron chi connectivity index (χ1n) is 8.68. The first kappa shape index (κ1) is 15.3. The summed E-state index contributed by atoms with van der Waals surface area (Å²) in [5.74, 6) is 1.85. The lowest BCUT2D eigenvalue weighted by molar-refractivity contribution is 0.0953. The van der Waals surface area contributed by atoms with Crippen molar-refractivity contribution < 1.29 is 0 Å². The Kier molecular flexibility index (Phi) is 6.15. The lowest BCUT2D eigenvalue weighted by Crippen LogP contribution is -2.49. The first-order chi connectivity index (χ1) is 9.20. The van der Waals surface area contributed by atoms with Gasteiger partial charge in [0.2, 0.25) is 0 Å². The topological polar surface area (TPSA) is 15.3 Å². The second-order valence-corrected chi connectivity index (χ2v) is 7.06. The maximum Gasteiger partial charge on any atom is 0.0195 e. The van der Waals surface area contributed by atoms with E-state index in [0.717, 1.165) is 23.9 Å². The molecule has 0 spiro atoms. The number of piperidine rings is 1. The molecule has 112 valence electrons. The molecule has 2 rings (SSSR count). The third kappa shape index (κ3) is 4.46. The van der Waals surface area contributed by atoms with Gasteiger partial charge in [0.05, 0.1) is 0 Å². The molecule has 0 aromatic rings. The standard InChI is InChI=1S/C17H34N2/c1-4-11-19(13-16-7-5-6-10-18-16)17-9-8-14(2)15(3)12-17/h14-18H,4-13H2,1-3H3. The van der Waals surface area contributed by atoms with Crippen molar-refractivity contribution in [1.29, 1.82) is 0 Å². The molecule has 0 radical (unpaired) electrons. The summed E-state index contributed by atoms with van der Waals surface area (Å²) < 4.78 is 0. The summed E-state index contributed by atoms with van der Waals surface area (Å²) in [7, 11) is 0. The molecule has 19 heavy (non-hydrogen) atoms. The summed E-state index contributed by atoms with van der Waals surface area (Å²) >= 11 is 0. The van der Waals surface area contributed by atoms with Gasteiger partial charge in [0.25, 0.3) is 0 Å². The van der Waals surface area contributed by atoms with Crippen LogP contribution in [-0.2, 0) is 0 Å². The minimum Gasteiger partial charge on any atom is -0.313 e. The van der Waals surface area contributed by atoms with E-state index in [-0.39, 0.29) is 0 Å². The molecule has 2 nitrogen and oxygen atoms in total. The van der Waals surface area contributed by atoms with E-state index in [1.165, 1.54) is 64.6 Å². The molecular formula is C17H34N2. The van der Waals surface area contributed by atoms with Crippen molar-refractivity contribution in [3.8, 4) is 0 Å². The fraction of sp³-hybridized carbons (Fsp3) is 1.00. The monoisotopic (exact) mass is 266 g/mol. The van der Waals surface area contributed by atoms with Gasteiger partial charge in [0.1, 0.15) is 0 Å². The lowest BCUT2D eigenvalue weighted by atomic mass is 9.78. The van der Waals surface area contributed by atoms with Crippen LogP contribution in [0.25, 0.3) is 0 Å². The van der Waals surface area contributed by atoms with E-state index in [2.05, 4.69) is 31.0 Å². The van der Waals surface area contributed by atoms with E-state index in [1.807, 2.05) is 0 Å². The molecule has 0 bridgehead atoms. The van der Waals surface area contributed by atoms with Gasteiger partial charge in [0.15, 0.2) is 0 Å². The van der Waals surface area contributed by atoms with E-state index in [4.69, 9.17) is 0 Å². The molecule has 0 aromatic carbocycles. The Morgan fingerprint density at radius 2 is 1.89 bits per heavy atom. The molecule has 1 aliphatic carbocycles. The van der Waals surface area contributed by atoms with Crippen LogP contribution in [0.4, 0.5) is 0 Å². The highest BCUT2D eigenvalue weighted by atomic mass is 15.2. The average molecular weight is 266 g/mol. The molecule has 4 unspecified atom stereocenters. The van der Waals surface area contributed by atoms with Gasteiger partial charge in [-0.1, -0.05) is 27.2 Å². The number of hydrogen-bond acceptors (Lipinski definition) is 2. The Labute approximate surface area is 120 Å².